The molecule has 0 atom stereocenters. The number of nitrogens with zero attached hydrogens (tertiary/aromatic N) is 3. The Morgan fingerprint density at radius 1 is 1.21 bits per heavy atom. The zero-order valence-corrected chi connectivity index (χ0v) is 15.6. The minimum absolute atomic E-state index is 0.0768. The lowest BCUT2D eigenvalue weighted by molar-refractivity contribution is 0.0523. The Balaban J connectivity index is 1.36. The van der Waals surface area contributed by atoms with Crippen LogP contribution in [0.2, 0.25) is 0 Å². The second-order valence-corrected chi connectivity index (χ2v) is 6.62. The molecule has 9 nitrogen and oxygen atoms in total. The van der Waals surface area contributed by atoms with E-state index in [1.165, 1.54) is 11.8 Å². The van der Waals surface area contributed by atoms with Gasteiger partial charge >= 0.3 is 5.97 Å². The van der Waals surface area contributed by atoms with Gasteiger partial charge in [-0.3, -0.25) is 14.7 Å². The van der Waals surface area contributed by atoms with Gasteiger partial charge in [0.05, 0.1) is 12.8 Å². The van der Waals surface area contributed by atoms with Crippen LogP contribution in [0, 0.1) is 0 Å². The molecule has 1 N–H and O–H groups in total. The first-order valence-electron chi connectivity index (χ1n) is 9.26. The number of H-pyrrole nitrogens is 1. The van der Waals surface area contributed by atoms with Gasteiger partial charge in [0, 0.05) is 32.7 Å². The van der Waals surface area contributed by atoms with Crippen molar-refractivity contribution >= 4 is 11.9 Å². The van der Waals surface area contributed by atoms with Gasteiger partial charge in [-0.25, -0.2) is 9.78 Å². The Morgan fingerprint density at radius 2 is 2.00 bits per heavy atom. The molecule has 0 amide bonds. The molecule has 1 aromatic heterocycles. The van der Waals surface area contributed by atoms with E-state index >= 15 is 0 Å². The average molecular weight is 386 g/mol. The monoisotopic (exact) mass is 386 g/mol. The summed E-state index contributed by atoms with van der Waals surface area (Å²) in [6.07, 6.45) is 1.28. The van der Waals surface area contributed by atoms with Crippen LogP contribution in [0.4, 0.5) is 5.95 Å². The molecule has 9 heteroatoms. The molecule has 1 saturated heterocycles. The Morgan fingerprint density at radius 3 is 2.75 bits per heavy atom. The van der Waals surface area contributed by atoms with Gasteiger partial charge in [-0.05, 0) is 24.6 Å². The van der Waals surface area contributed by atoms with E-state index in [9.17, 15) is 9.59 Å². The molecule has 1 fully saturated rings. The van der Waals surface area contributed by atoms with Crippen LogP contribution in [0.1, 0.15) is 22.8 Å². The Bertz CT molecular complexity index is 921. The van der Waals surface area contributed by atoms with Crippen molar-refractivity contribution < 1.29 is 19.0 Å². The van der Waals surface area contributed by atoms with Crippen LogP contribution in [-0.2, 0) is 11.3 Å². The van der Waals surface area contributed by atoms with Crippen molar-refractivity contribution in [2.24, 2.45) is 0 Å². The molecule has 0 bridgehead atoms. The summed E-state index contributed by atoms with van der Waals surface area (Å²) in [5, 5.41) is 0. The van der Waals surface area contributed by atoms with E-state index < -0.39 is 11.5 Å². The van der Waals surface area contributed by atoms with Crippen LogP contribution in [-0.4, -0.2) is 60.4 Å². The number of rotatable bonds is 5. The first kappa shape index (κ1) is 18.3. The van der Waals surface area contributed by atoms with E-state index in [0.717, 1.165) is 44.2 Å². The first-order chi connectivity index (χ1) is 13.6. The maximum Gasteiger partial charge on any atom is 0.345 e. The van der Waals surface area contributed by atoms with E-state index in [4.69, 9.17) is 14.2 Å². The molecule has 3 heterocycles. The van der Waals surface area contributed by atoms with Gasteiger partial charge in [-0.1, -0.05) is 6.07 Å². The zero-order chi connectivity index (χ0) is 19.5. The average Bonchev–Trinajstić information content (AvgIpc) is 3.16. The van der Waals surface area contributed by atoms with Gasteiger partial charge in [0.25, 0.3) is 5.56 Å². The molecule has 28 heavy (non-hydrogen) atoms. The Labute approximate surface area is 161 Å². The van der Waals surface area contributed by atoms with Gasteiger partial charge in [0.1, 0.15) is 5.56 Å². The lowest BCUT2D eigenvalue weighted by Crippen LogP contribution is -2.47. The lowest BCUT2D eigenvalue weighted by Gasteiger charge is -2.35. The zero-order valence-electron chi connectivity index (χ0n) is 15.6. The molecule has 0 aliphatic carbocycles. The molecule has 2 aliphatic heterocycles. The number of aromatic nitrogens is 2. The van der Waals surface area contributed by atoms with Crippen LogP contribution >= 0.6 is 0 Å². The van der Waals surface area contributed by atoms with Crippen molar-refractivity contribution in [2.75, 3.05) is 44.5 Å². The summed E-state index contributed by atoms with van der Waals surface area (Å²) in [6, 6.07) is 6.00. The molecule has 2 aromatic rings. The van der Waals surface area contributed by atoms with Gasteiger partial charge in [0.2, 0.25) is 12.7 Å². The fourth-order valence-corrected chi connectivity index (χ4v) is 3.32. The third-order valence-corrected chi connectivity index (χ3v) is 4.80. The van der Waals surface area contributed by atoms with Gasteiger partial charge in [-0.2, -0.15) is 0 Å². The number of carbonyl (C=O) groups excluding carboxylic acids is 1. The van der Waals surface area contributed by atoms with Crippen molar-refractivity contribution in [3.8, 4) is 11.5 Å². The van der Waals surface area contributed by atoms with E-state index in [-0.39, 0.29) is 19.0 Å². The smallest absolute Gasteiger partial charge is 0.345 e. The topological polar surface area (TPSA) is 97.0 Å². The molecule has 2 aliphatic rings. The molecule has 0 unspecified atom stereocenters. The number of hydrogen-bond acceptors (Lipinski definition) is 8. The summed E-state index contributed by atoms with van der Waals surface area (Å²) in [5.74, 6) is 1.39. The normalized spacial score (nSPS) is 16.2. The lowest BCUT2D eigenvalue weighted by atomic mass is 10.1. The van der Waals surface area contributed by atoms with Crippen molar-refractivity contribution in [3.63, 3.8) is 0 Å². The molecule has 4 rings (SSSR count). The largest absolute Gasteiger partial charge is 0.462 e. The first-order valence-corrected chi connectivity index (χ1v) is 9.26. The van der Waals surface area contributed by atoms with Crippen LogP contribution in [0.25, 0.3) is 0 Å². The van der Waals surface area contributed by atoms with E-state index in [2.05, 4.69) is 14.9 Å². The fraction of sp³-hybridized carbons (Fsp3) is 0.421. The highest BCUT2D eigenvalue weighted by Crippen LogP contribution is 2.32. The summed E-state index contributed by atoms with van der Waals surface area (Å²) in [6.45, 7) is 6.12. The van der Waals surface area contributed by atoms with Gasteiger partial charge in [-0.15, -0.1) is 0 Å². The number of ether oxygens (including phenoxy) is 3. The SMILES string of the molecule is CCOC(=O)c1cnc(N2CCN(Cc3ccc4c(c3)OCO4)CC2)[nH]c1=O. The van der Waals surface area contributed by atoms with Crippen molar-refractivity contribution in [1.82, 2.24) is 14.9 Å². The highest BCUT2D eigenvalue weighted by molar-refractivity contribution is 5.88. The van der Waals surface area contributed by atoms with Gasteiger partial charge in [0.15, 0.2) is 11.5 Å². The molecule has 0 spiro atoms. The molecular weight excluding hydrogens is 364 g/mol. The molecule has 0 saturated carbocycles. The maximum absolute atomic E-state index is 12.1. The fourth-order valence-electron chi connectivity index (χ4n) is 3.32. The van der Waals surface area contributed by atoms with E-state index in [0.29, 0.717) is 5.95 Å². The van der Waals surface area contributed by atoms with Crippen molar-refractivity contribution in [1.29, 1.82) is 0 Å². The summed E-state index contributed by atoms with van der Waals surface area (Å²) < 4.78 is 15.6. The summed E-state index contributed by atoms with van der Waals surface area (Å²) in [5.41, 5.74) is 0.612. The molecule has 1 aromatic carbocycles. The second kappa shape index (κ2) is 7.89. The quantitative estimate of drug-likeness (QED) is 0.760. The molecular formula is C19H22N4O5. The number of benzene rings is 1. The number of nitrogens with one attached hydrogen (secondary N) is 1. The van der Waals surface area contributed by atoms with Crippen LogP contribution in [0.3, 0.4) is 0 Å². The third kappa shape index (κ3) is 3.79. The number of carbonyl (C=O) groups is 1. The predicted molar refractivity (Wildman–Crippen MR) is 101 cm³/mol. The highest BCUT2D eigenvalue weighted by Gasteiger charge is 2.21. The summed E-state index contributed by atoms with van der Waals surface area (Å²) in [7, 11) is 0. The maximum atomic E-state index is 12.1. The summed E-state index contributed by atoms with van der Waals surface area (Å²) in [4.78, 5) is 35.1. The highest BCUT2D eigenvalue weighted by atomic mass is 16.7. The third-order valence-electron chi connectivity index (χ3n) is 4.80. The number of piperazine rings is 1. The van der Waals surface area contributed by atoms with Crippen LogP contribution in [0.15, 0.2) is 29.2 Å². The number of anilines is 1. The van der Waals surface area contributed by atoms with Crippen molar-refractivity contribution in [3.05, 3.63) is 45.9 Å². The standard InChI is InChI=1S/C19H22N4O5/c1-2-26-18(25)14-10-20-19(21-17(14)24)23-7-5-22(6-8-23)11-13-3-4-15-16(9-13)28-12-27-15/h3-4,9-10H,2,5-8,11-12H2,1H3,(H,20,21,24). The Kier molecular flexibility index (Phi) is 5.16. The number of aromatic amines is 1. The number of esters is 1. The summed E-state index contributed by atoms with van der Waals surface area (Å²) >= 11 is 0. The minimum atomic E-state index is -0.656. The number of fused-ring (bicyclic) bond motifs is 1. The molecule has 0 radical (unpaired) electrons. The van der Waals surface area contributed by atoms with E-state index in [1.807, 2.05) is 23.1 Å². The van der Waals surface area contributed by atoms with Gasteiger partial charge < -0.3 is 19.1 Å². The number of hydrogen-bond donors (Lipinski definition) is 1. The second-order valence-electron chi connectivity index (χ2n) is 6.62. The Hall–Kier alpha value is -3.07. The van der Waals surface area contributed by atoms with Crippen molar-refractivity contribution in [2.45, 2.75) is 13.5 Å². The minimum Gasteiger partial charge on any atom is -0.462 e. The van der Waals surface area contributed by atoms with Crippen LogP contribution in [0.5, 0.6) is 11.5 Å². The van der Waals surface area contributed by atoms with E-state index in [1.54, 1.807) is 6.92 Å². The predicted octanol–water partition coefficient (Wildman–Crippen LogP) is 0.997. The molecule has 148 valence electrons. The van der Waals surface area contributed by atoms with Crippen LogP contribution < -0.4 is 19.9 Å².